The largest absolute Gasteiger partial charge is 0.496 e. The highest BCUT2D eigenvalue weighted by atomic mass is 32.2. The molecule has 0 saturated heterocycles. The molecule has 0 aliphatic heterocycles. The summed E-state index contributed by atoms with van der Waals surface area (Å²) in [6, 6.07) is 5.59. The molecule has 2 N–H and O–H groups in total. The van der Waals surface area contributed by atoms with Crippen molar-refractivity contribution in [2.45, 2.75) is 11.3 Å². The van der Waals surface area contributed by atoms with Gasteiger partial charge in [0.1, 0.15) is 5.75 Å². The minimum Gasteiger partial charge on any atom is -0.496 e. The van der Waals surface area contributed by atoms with E-state index in [-0.39, 0.29) is 5.78 Å². The van der Waals surface area contributed by atoms with Crippen LogP contribution in [0.3, 0.4) is 0 Å². The number of benzene rings is 1. The van der Waals surface area contributed by atoms with Crippen molar-refractivity contribution in [2.24, 2.45) is 5.73 Å². The maximum atomic E-state index is 11.8. The number of hydrogen-bond donors (Lipinski definition) is 1. The van der Waals surface area contributed by atoms with E-state index in [0.717, 1.165) is 4.90 Å². The first-order valence-electron chi connectivity index (χ1n) is 4.68. The third-order valence-corrected chi connectivity index (χ3v) is 2.86. The Morgan fingerprint density at radius 1 is 1.53 bits per heavy atom. The number of methoxy groups -OCH3 is 1. The SMILES string of the molecule is COc1cccc(SC)c1C(=O)CCN. The van der Waals surface area contributed by atoms with E-state index < -0.39 is 0 Å². The normalized spacial score (nSPS) is 10.1. The second kappa shape index (κ2) is 5.78. The van der Waals surface area contributed by atoms with Gasteiger partial charge < -0.3 is 10.5 Å². The van der Waals surface area contributed by atoms with Crippen LogP contribution in [-0.4, -0.2) is 25.7 Å². The number of Topliss-reactive ketones (excluding diaryl/α,β-unsaturated/α-hetero) is 1. The van der Waals surface area contributed by atoms with E-state index in [4.69, 9.17) is 10.5 Å². The molecule has 0 amide bonds. The summed E-state index contributed by atoms with van der Waals surface area (Å²) in [7, 11) is 1.57. The van der Waals surface area contributed by atoms with Crippen molar-refractivity contribution in [3.63, 3.8) is 0 Å². The van der Waals surface area contributed by atoms with Crippen LogP contribution in [0, 0.1) is 0 Å². The van der Waals surface area contributed by atoms with Crippen LogP contribution in [0.4, 0.5) is 0 Å². The quantitative estimate of drug-likeness (QED) is 0.614. The molecule has 0 saturated carbocycles. The summed E-state index contributed by atoms with van der Waals surface area (Å²) >= 11 is 1.54. The van der Waals surface area contributed by atoms with Gasteiger partial charge in [-0.2, -0.15) is 0 Å². The molecule has 15 heavy (non-hydrogen) atoms. The van der Waals surface area contributed by atoms with Crippen LogP contribution in [0.25, 0.3) is 0 Å². The lowest BCUT2D eigenvalue weighted by atomic mass is 10.1. The molecule has 0 unspecified atom stereocenters. The molecule has 0 spiro atoms. The molecule has 0 heterocycles. The van der Waals surface area contributed by atoms with Gasteiger partial charge in [0, 0.05) is 11.3 Å². The lowest BCUT2D eigenvalue weighted by Crippen LogP contribution is -2.10. The summed E-state index contributed by atoms with van der Waals surface area (Å²) in [4.78, 5) is 12.8. The lowest BCUT2D eigenvalue weighted by Gasteiger charge is -2.10. The molecular formula is C11H15NO2S. The highest BCUT2D eigenvalue weighted by Crippen LogP contribution is 2.29. The molecule has 0 radical (unpaired) electrons. The lowest BCUT2D eigenvalue weighted by molar-refractivity contribution is 0.0979. The van der Waals surface area contributed by atoms with Crippen molar-refractivity contribution in [3.05, 3.63) is 23.8 Å². The van der Waals surface area contributed by atoms with Crippen LogP contribution < -0.4 is 10.5 Å². The summed E-state index contributed by atoms with van der Waals surface area (Å²) in [6.45, 7) is 0.366. The summed E-state index contributed by atoms with van der Waals surface area (Å²) in [6.07, 6.45) is 2.29. The van der Waals surface area contributed by atoms with Crippen molar-refractivity contribution in [3.8, 4) is 5.75 Å². The van der Waals surface area contributed by atoms with Crippen LogP contribution >= 0.6 is 11.8 Å². The zero-order chi connectivity index (χ0) is 11.3. The van der Waals surface area contributed by atoms with Crippen LogP contribution in [-0.2, 0) is 0 Å². The number of carbonyl (C=O) groups is 1. The molecule has 0 aliphatic carbocycles. The van der Waals surface area contributed by atoms with E-state index in [1.54, 1.807) is 13.2 Å². The Morgan fingerprint density at radius 3 is 2.80 bits per heavy atom. The highest BCUT2D eigenvalue weighted by Gasteiger charge is 2.15. The fourth-order valence-electron chi connectivity index (χ4n) is 1.38. The minimum atomic E-state index is 0.0410. The third kappa shape index (κ3) is 2.73. The van der Waals surface area contributed by atoms with E-state index in [0.29, 0.717) is 24.3 Å². The number of nitrogens with two attached hydrogens (primary N) is 1. The number of hydrogen-bond acceptors (Lipinski definition) is 4. The third-order valence-electron chi connectivity index (χ3n) is 2.08. The van der Waals surface area contributed by atoms with Gasteiger partial charge in [-0.25, -0.2) is 0 Å². The van der Waals surface area contributed by atoms with E-state index >= 15 is 0 Å². The first-order chi connectivity index (χ1) is 7.24. The average molecular weight is 225 g/mol. The molecule has 1 aromatic rings. The van der Waals surface area contributed by atoms with Gasteiger partial charge in [-0.3, -0.25) is 4.79 Å². The van der Waals surface area contributed by atoms with Gasteiger partial charge >= 0.3 is 0 Å². The topological polar surface area (TPSA) is 52.3 Å². The fourth-order valence-corrected chi connectivity index (χ4v) is 2.02. The van der Waals surface area contributed by atoms with E-state index in [2.05, 4.69) is 0 Å². The van der Waals surface area contributed by atoms with Crippen LogP contribution in [0.2, 0.25) is 0 Å². The summed E-state index contributed by atoms with van der Waals surface area (Å²) in [5.41, 5.74) is 6.03. The molecule has 0 aromatic heterocycles. The Morgan fingerprint density at radius 2 is 2.27 bits per heavy atom. The number of ketones is 1. The van der Waals surface area contributed by atoms with Crippen molar-refractivity contribution < 1.29 is 9.53 Å². The van der Waals surface area contributed by atoms with Crippen molar-refractivity contribution in [1.29, 1.82) is 0 Å². The smallest absolute Gasteiger partial charge is 0.168 e. The zero-order valence-corrected chi connectivity index (χ0v) is 9.76. The van der Waals surface area contributed by atoms with Gasteiger partial charge in [0.15, 0.2) is 5.78 Å². The Bertz CT molecular complexity index is 330. The molecule has 0 bridgehead atoms. The molecule has 3 nitrogen and oxygen atoms in total. The Hall–Kier alpha value is -1.00. The van der Waals surface area contributed by atoms with Crippen LogP contribution in [0.5, 0.6) is 5.75 Å². The van der Waals surface area contributed by atoms with Crippen LogP contribution in [0.15, 0.2) is 23.1 Å². The molecule has 0 aliphatic rings. The number of rotatable bonds is 5. The number of thioether (sulfide) groups is 1. The zero-order valence-electron chi connectivity index (χ0n) is 8.95. The summed E-state index contributed by atoms with van der Waals surface area (Å²) in [5, 5.41) is 0. The van der Waals surface area contributed by atoms with Gasteiger partial charge in [0.05, 0.1) is 12.7 Å². The second-order valence-electron chi connectivity index (χ2n) is 3.00. The van der Waals surface area contributed by atoms with Gasteiger partial charge in [-0.15, -0.1) is 11.8 Å². The number of ether oxygens (including phenoxy) is 1. The molecular weight excluding hydrogens is 210 g/mol. The van der Waals surface area contributed by atoms with E-state index in [1.165, 1.54) is 11.8 Å². The maximum Gasteiger partial charge on any atom is 0.168 e. The van der Waals surface area contributed by atoms with Crippen LogP contribution in [0.1, 0.15) is 16.8 Å². The van der Waals surface area contributed by atoms with Crippen molar-refractivity contribution in [2.75, 3.05) is 19.9 Å². The molecule has 82 valence electrons. The Labute approximate surface area is 94.0 Å². The highest BCUT2D eigenvalue weighted by molar-refractivity contribution is 7.98. The Kier molecular flexibility index (Phi) is 4.65. The first-order valence-corrected chi connectivity index (χ1v) is 5.91. The van der Waals surface area contributed by atoms with E-state index in [9.17, 15) is 4.79 Å². The molecule has 4 heteroatoms. The summed E-state index contributed by atoms with van der Waals surface area (Å²) < 4.78 is 5.18. The van der Waals surface area contributed by atoms with Gasteiger partial charge in [0.25, 0.3) is 0 Å². The van der Waals surface area contributed by atoms with Crippen molar-refractivity contribution in [1.82, 2.24) is 0 Å². The molecule has 0 fully saturated rings. The minimum absolute atomic E-state index is 0.0410. The van der Waals surface area contributed by atoms with Gasteiger partial charge in [-0.1, -0.05) is 6.07 Å². The predicted molar refractivity (Wildman–Crippen MR) is 62.8 cm³/mol. The molecule has 1 aromatic carbocycles. The van der Waals surface area contributed by atoms with Gasteiger partial charge in [-0.05, 0) is 24.9 Å². The summed E-state index contributed by atoms with van der Waals surface area (Å²) in [5.74, 6) is 0.666. The number of carbonyl (C=O) groups excluding carboxylic acids is 1. The first kappa shape index (κ1) is 12.1. The Balaban J connectivity index is 3.15. The van der Waals surface area contributed by atoms with Crippen molar-refractivity contribution >= 4 is 17.5 Å². The fraction of sp³-hybridized carbons (Fsp3) is 0.364. The average Bonchev–Trinajstić information content (AvgIpc) is 2.28. The standard InChI is InChI=1S/C11H15NO2S/c1-14-9-4-3-5-10(15-2)11(9)8(13)6-7-12/h3-5H,6-7,12H2,1-2H3. The van der Waals surface area contributed by atoms with E-state index in [1.807, 2.05) is 18.4 Å². The molecule has 0 atom stereocenters. The maximum absolute atomic E-state index is 11.8. The second-order valence-corrected chi connectivity index (χ2v) is 3.85. The predicted octanol–water partition coefficient (Wildman–Crippen LogP) is 1.95. The molecule has 1 rings (SSSR count). The van der Waals surface area contributed by atoms with Gasteiger partial charge in [0.2, 0.25) is 0 Å². The monoisotopic (exact) mass is 225 g/mol.